The van der Waals surface area contributed by atoms with Gasteiger partial charge in [0.1, 0.15) is 0 Å². The maximum atomic E-state index is 9.68. The first-order valence-electron chi connectivity index (χ1n) is 6.66. The SMILES string of the molecule is CB(O)N1C[C@H](O[Si](C)(C)C(C)(C)C)C[C@H]1C. The number of nitrogens with zero attached hydrogens (tertiary/aromatic N) is 1. The number of rotatable bonds is 3. The van der Waals surface area contributed by atoms with Crippen LogP contribution < -0.4 is 0 Å². The van der Waals surface area contributed by atoms with Crippen molar-refractivity contribution in [2.45, 2.75) is 71.2 Å². The lowest BCUT2D eigenvalue weighted by Crippen LogP contribution is -2.45. The van der Waals surface area contributed by atoms with Gasteiger partial charge in [0.15, 0.2) is 8.32 Å². The highest BCUT2D eigenvalue weighted by Gasteiger charge is 2.42. The van der Waals surface area contributed by atoms with Crippen LogP contribution in [-0.4, -0.2) is 43.9 Å². The predicted octanol–water partition coefficient (Wildman–Crippen LogP) is 2.58. The van der Waals surface area contributed by atoms with Crippen molar-refractivity contribution in [1.82, 2.24) is 4.81 Å². The first-order valence-corrected chi connectivity index (χ1v) is 9.57. The van der Waals surface area contributed by atoms with E-state index in [4.69, 9.17) is 4.43 Å². The summed E-state index contributed by atoms with van der Waals surface area (Å²) in [5, 5.41) is 9.94. The predicted molar refractivity (Wildman–Crippen MR) is 76.7 cm³/mol. The molecule has 0 aromatic carbocycles. The molecule has 1 aliphatic heterocycles. The third-order valence-corrected chi connectivity index (χ3v) is 8.87. The Hall–Kier alpha value is 0.162. The van der Waals surface area contributed by atoms with Crippen LogP contribution in [0.2, 0.25) is 25.0 Å². The summed E-state index contributed by atoms with van der Waals surface area (Å²) >= 11 is 0. The van der Waals surface area contributed by atoms with Crippen molar-refractivity contribution in [3.05, 3.63) is 0 Å². The first-order chi connectivity index (χ1) is 7.54. The molecule has 0 aromatic rings. The minimum Gasteiger partial charge on any atom is -0.437 e. The van der Waals surface area contributed by atoms with Gasteiger partial charge in [-0.15, -0.1) is 0 Å². The summed E-state index contributed by atoms with van der Waals surface area (Å²) in [6, 6.07) is 0.421. The van der Waals surface area contributed by atoms with Gasteiger partial charge in [-0.05, 0) is 31.4 Å². The van der Waals surface area contributed by atoms with Gasteiger partial charge in [0.25, 0.3) is 0 Å². The first kappa shape index (κ1) is 15.2. The van der Waals surface area contributed by atoms with Gasteiger partial charge < -0.3 is 14.3 Å². The quantitative estimate of drug-likeness (QED) is 0.789. The smallest absolute Gasteiger partial charge is 0.376 e. The topological polar surface area (TPSA) is 32.7 Å². The van der Waals surface area contributed by atoms with E-state index in [1.165, 1.54) is 0 Å². The lowest BCUT2D eigenvalue weighted by Gasteiger charge is -2.38. The van der Waals surface area contributed by atoms with Gasteiger partial charge in [-0.2, -0.15) is 0 Å². The Balaban J connectivity index is 2.61. The Morgan fingerprint density at radius 2 is 1.88 bits per heavy atom. The van der Waals surface area contributed by atoms with E-state index in [9.17, 15) is 5.02 Å². The zero-order chi connectivity index (χ0) is 13.4. The van der Waals surface area contributed by atoms with Crippen LogP contribution in [0.3, 0.4) is 0 Å². The lowest BCUT2D eigenvalue weighted by molar-refractivity contribution is 0.191. The molecule has 2 atom stereocenters. The molecular formula is C12H28BNO2Si. The summed E-state index contributed by atoms with van der Waals surface area (Å²) in [7, 11) is -2.04. The Bertz CT molecular complexity index is 266. The molecule has 1 rings (SSSR count). The zero-order valence-corrected chi connectivity index (χ0v) is 13.4. The fourth-order valence-corrected chi connectivity index (χ4v) is 3.56. The van der Waals surface area contributed by atoms with Crippen LogP contribution in [0.15, 0.2) is 0 Å². The third-order valence-electron chi connectivity index (χ3n) is 4.33. The standard InChI is InChI=1S/C12H28BNO2Si/c1-10-8-11(9-14(10)13(5)15)16-17(6,7)12(2,3)4/h10-11,15H,8-9H2,1-7H3/t10-,11-/m1/s1. The Morgan fingerprint density at radius 1 is 1.35 bits per heavy atom. The van der Waals surface area contributed by atoms with Crippen molar-refractivity contribution < 1.29 is 9.45 Å². The van der Waals surface area contributed by atoms with E-state index >= 15 is 0 Å². The second-order valence-corrected chi connectivity index (χ2v) is 11.7. The molecule has 1 fully saturated rings. The Morgan fingerprint density at radius 3 is 2.24 bits per heavy atom. The van der Waals surface area contributed by atoms with E-state index in [1.54, 1.807) is 0 Å². The largest absolute Gasteiger partial charge is 0.437 e. The molecule has 0 amide bonds. The van der Waals surface area contributed by atoms with Crippen LogP contribution in [0.25, 0.3) is 0 Å². The summed E-state index contributed by atoms with van der Waals surface area (Å²) in [4.78, 5) is 2.12. The van der Waals surface area contributed by atoms with Crippen LogP contribution in [0, 0.1) is 0 Å². The molecule has 3 nitrogen and oxygen atoms in total. The molecule has 0 spiro atoms. The van der Waals surface area contributed by atoms with E-state index in [-0.39, 0.29) is 12.1 Å². The highest BCUT2D eigenvalue weighted by atomic mass is 28.4. The summed E-state index contributed by atoms with van der Waals surface area (Å²) < 4.78 is 6.40. The normalized spacial score (nSPS) is 27.5. The molecule has 0 radical (unpaired) electrons. The molecule has 1 heterocycles. The zero-order valence-electron chi connectivity index (χ0n) is 12.4. The van der Waals surface area contributed by atoms with Crippen LogP contribution in [-0.2, 0) is 4.43 Å². The van der Waals surface area contributed by atoms with Crippen molar-refractivity contribution in [3.63, 3.8) is 0 Å². The summed E-state index contributed by atoms with van der Waals surface area (Å²) in [6.45, 7) is 16.3. The second kappa shape index (κ2) is 5.04. The van der Waals surface area contributed by atoms with Gasteiger partial charge in [-0.25, -0.2) is 0 Å². The number of hydrogen-bond donors (Lipinski definition) is 1. The molecule has 0 aromatic heterocycles. The maximum Gasteiger partial charge on any atom is 0.376 e. The highest BCUT2D eigenvalue weighted by Crippen LogP contribution is 2.38. The molecule has 0 saturated carbocycles. The average Bonchev–Trinajstić information content (AvgIpc) is 2.43. The van der Waals surface area contributed by atoms with Crippen LogP contribution in [0.4, 0.5) is 0 Å². The van der Waals surface area contributed by atoms with Gasteiger partial charge >= 0.3 is 7.05 Å². The van der Waals surface area contributed by atoms with Crippen LogP contribution in [0.5, 0.6) is 0 Å². The molecule has 1 N–H and O–H groups in total. The van der Waals surface area contributed by atoms with Gasteiger partial charge in [-0.1, -0.05) is 27.7 Å². The molecule has 5 heteroatoms. The van der Waals surface area contributed by atoms with E-state index in [1.807, 2.05) is 6.82 Å². The van der Waals surface area contributed by atoms with Crippen molar-refractivity contribution >= 4 is 15.4 Å². The molecule has 1 aliphatic rings. The summed E-state index contributed by atoms with van der Waals surface area (Å²) in [5.74, 6) is 0. The molecule has 100 valence electrons. The fraction of sp³-hybridized carbons (Fsp3) is 1.00. The minimum atomic E-state index is -1.67. The number of hydrogen-bond acceptors (Lipinski definition) is 3. The highest BCUT2D eigenvalue weighted by molar-refractivity contribution is 6.74. The molecular weight excluding hydrogens is 229 g/mol. The maximum absolute atomic E-state index is 9.68. The molecule has 17 heavy (non-hydrogen) atoms. The van der Waals surface area contributed by atoms with Crippen LogP contribution in [0.1, 0.15) is 34.1 Å². The van der Waals surface area contributed by atoms with Gasteiger partial charge in [-0.3, -0.25) is 0 Å². The van der Waals surface area contributed by atoms with Crippen molar-refractivity contribution in [2.24, 2.45) is 0 Å². The third kappa shape index (κ3) is 3.56. The minimum absolute atomic E-state index is 0.258. The van der Waals surface area contributed by atoms with Gasteiger partial charge in [0.2, 0.25) is 0 Å². The van der Waals surface area contributed by atoms with Crippen molar-refractivity contribution in [3.8, 4) is 0 Å². The van der Waals surface area contributed by atoms with E-state index < -0.39 is 8.32 Å². The summed E-state index contributed by atoms with van der Waals surface area (Å²) in [5.41, 5.74) is 0. The Kier molecular flexibility index (Phi) is 4.51. The van der Waals surface area contributed by atoms with Crippen LogP contribution >= 0.6 is 0 Å². The Labute approximate surface area is 108 Å². The van der Waals surface area contributed by atoms with Crippen molar-refractivity contribution in [2.75, 3.05) is 6.54 Å². The van der Waals surface area contributed by atoms with Gasteiger partial charge in [0.05, 0.1) is 6.10 Å². The average molecular weight is 257 g/mol. The van der Waals surface area contributed by atoms with E-state index in [2.05, 4.69) is 45.6 Å². The molecule has 0 aliphatic carbocycles. The lowest BCUT2D eigenvalue weighted by atomic mass is 9.84. The van der Waals surface area contributed by atoms with Crippen molar-refractivity contribution in [1.29, 1.82) is 0 Å². The molecule has 1 saturated heterocycles. The van der Waals surface area contributed by atoms with Gasteiger partial charge in [0, 0.05) is 12.6 Å². The summed E-state index contributed by atoms with van der Waals surface area (Å²) in [6.07, 6.45) is 1.33. The van der Waals surface area contributed by atoms with E-state index in [0.29, 0.717) is 12.1 Å². The molecule has 0 bridgehead atoms. The van der Waals surface area contributed by atoms with E-state index in [0.717, 1.165) is 13.0 Å². The molecule has 0 unspecified atom stereocenters. The fourth-order valence-electron chi connectivity index (χ4n) is 2.21. The monoisotopic (exact) mass is 257 g/mol. The second-order valence-electron chi connectivity index (χ2n) is 6.91.